The van der Waals surface area contributed by atoms with Crippen LogP contribution in [0.1, 0.15) is 13.9 Å². The topological polar surface area (TPSA) is 107 Å². The van der Waals surface area contributed by atoms with Gasteiger partial charge in [-0.05, 0) is 19.0 Å². The molecule has 0 spiro atoms. The third-order valence-corrected chi connectivity index (χ3v) is 5.54. The first-order valence-corrected chi connectivity index (χ1v) is 9.86. The molecule has 1 heterocycles. The lowest BCUT2D eigenvalue weighted by atomic mass is 10.1. The van der Waals surface area contributed by atoms with Crippen molar-refractivity contribution in [1.82, 2.24) is 0 Å². The Morgan fingerprint density at radius 2 is 1.82 bits per heavy atom. The van der Waals surface area contributed by atoms with Gasteiger partial charge in [0.15, 0.2) is 0 Å². The lowest BCUT2D eigenvalue weighted by Gasteiger charge is -2.26. The Bertz CT molecular complexity index is 768. The highest BCUT2D eigenvalue weighted by molar-refractivity contribution is 7.86. The number of esters is 1. The lowest BCUT2D eigenvalue weighted by molar-refractivity contribution is -0.194. The van der Waals surface area contributed by atoms with E-state index in [1.807, 2.05) is 0 Å². The SMILES string of the molecule is [2H]Cc1ccc(S(=O)(=O)O[C@H](COC)[C@H]2OC(OC(C)=O)[C@H](OC)[C@H]2OC)cc1. The zero-order chi connectivity index (χ0) is 21.6. The molecular formula is C18H26O9S. The molecule has 0 amide bonds. The van der Waals surface area contributed by atoms with E-state index in [1.165, 1.54) is 52.5 Å². The van der Waals surface area contributed by atoms with Gasteiger partial charge in [-0.2, -0.15) is 8.42 Å². The molecule has 0 saturated carbocycles. The summed E-state index contributed by atoms with van der Waals surface area (Å²) in [5, 5.41) is 0. The Labute approximate surface area is 166 Å². The number of hydrogen-bond donors (Lipinski definition) is 0. The summed E-state index contributed by atoms with van der Waals surface area (Å²) in [5.74, 6) is -0.584. The molecule has 5 atom stereocenters. The fraction of sp³-hybridized carbons (Fsp3) is 0.611. The quantitative estimate of drug-likeness (QED) is 0.428. The number of ether oxygens (including phenoxy) is 5. The fourth-order valence-corrected chi connectivity index (χ4v) is 4.01. The van der Waals surface area contributed by atoms with Gasteiger partial charge >= 0.3 is 5.97 Å². The zero-order valence-corrected chi connectivity index (χ0v) is 17.0. The Morgan fingerprint density at radius 1 is 1.18 bits per heavy atom. The second-order valence-corrected chi connectivity index (χ2v) is 7.74. The van der Waals surface area contributed by atoms with Gasteiger partial charge in [0.05, 0.1) is 11.5 Å². The van der Waals surface area contributed by atoms with Gasteiger partial charge in [0.25, 0.3) is 10.1 Å². The molecule has 1 aliphatic heterocycles. The summed E-state index contributed by atoms with van der Waals surface area (Å²) in [7, 11) is 0.0256. The second-order valence-electron chi connectivity index (χ2n) is 6.17. The maximum absolute atomic E-state index is 12.7. The van der Waals surface area contributed by atoms with Crippen molar-refractivity contribution in [2.75, 3.05) is 27.9 Å². The molecule has 1 fully saturated rings. The molecule has 1 saturated heterocycles. The molecule has 1 aromatic rings. The Morgan fingerprint density at radius 3 is 2.32 bits per heavy atom. The summed E-state index contributed by atoms with van der Waals surface area (Å²) in [6, 6.07) is 5.81. The zero-order valence-electron chi connectivity index (χ0n) is 17.2. The van der Waals surface area contributed by atoms with Crippen LogP contribution >= 0.6 is 0 Å². The third-order valence-electron chi connectivity index (χ3n) is 4.19. The van der Waals surface area contributed by atoms with Crippen LogP contribution in [-0.2, 0) is 42.8 Å². The predicted molar refractivity (Wildman–Crippen MR) is 97.1 cm³/mol. The van der Waals surface area contributed by atoms with E-state index < -0.39 is 46.8 Å². The monoisotopic (exact) mass is 419 g/mol. The highest BCUT2D eigenvalue weighted by Gasteiger charge is 2.51. The maximum atomic E-state index is 12.7. The normalized spacial score (nSPS) is 26.6. The van der Waals surface area contributed by atoms with Gasteiger partial charge < -0.3 is 23.7 Å². The van der Waals surface area contributed by atoms with Gasteiger partial charge in [-0.1, -0.05) is 17.7 Å². The van der Waals surface area contributed by atoms with Gasteiger partial charge in [-0.3, -0.25) is 8.98 Å². The number of rotatable bonds is 9. The lowest BCUT2D eigenvalue weighted by Crippen LogP contribution is -2.45. The average Bonchev–Trinajstić information content (AvgIpc) is 3.04. The highest BCUT2D eigenvalue weighted by Crippen LogP contribution is 2.31. The van der Waals surface area contributed by atoms with Crippen molar-refractivity contribution in [1.29, 1.82) is 0 Å². The third kappa shape index (κ3) is 5.28. The van der Waals surface area contributed by atoms with E-state index in [2.05, 4.69) is 0 Å². The predicted octanol–water partition coefficient (Wildman–Crippen LogP) is 1.03. The molecule has 10 heteroatoms. The molecule has 0 bridgehead atoms. The largest absolute Gasteiger partial charge is 0.433 e. The van der Waals surface area contributed by atoms with Gasteiger partial charge in [0.2, 0.25) is 6.29 Å². The highest BCUT2D eigenvalue weighted by atomic mass is 32.2. The summed E-state index contributed by atoms with van der Waals surface area (Å²) in [4.78, 5) is 11.3. The number of carbonyl (C=O) groups is 1. The van der Waals surface area contributed by atoms with Crippen LogP contribution in [0, 0.1) is 6.90 Å². The minimum atomic E-state index is -4.17. The van der Waals surface area contributed by atoms with Crippen LogP contribution in [0.5, 0.6) is 0 Å². The minimum absolute atomic E-state index is 0.0366. The van der Waals surface area contributed by atoms with Crippen molar-refractivity contribution < 1.29 is 42.5 Å². The minimum Gasteiger partial charge on any atom is -0.433 e. The fourth-order valence-electron chi connectivity index (χ4n) is 2.94. The van der Waals surface area contributed by atoms with E-state index in [1.54, 1.807) is 0 Å². The molecule has 0 N–H and O–H groups in total. The van der Waals surface area contributed by atoms with E-state index >= 15 is 0 Å². The first-order chi connectivity index (χ1) is 13.8. The van der Waals surface area contributed by atoms with Crippen LogP contribution in [0.2, 0.25) is 0 Å². The molecule has 2 rings (SSSR count). The standard InChI is InChI=1S/C18H26O9S/c1-11-6-8-13(9-7-11)28(20,21)27-14(10-22-3)15-16(23-4)17(24-5)18(26-15)25-12(2)19/h6-9,14-18H,10H2,1-5H3/t14-,15-,16+,17-,18?/m1/s1/i1D. The molecular weight excluding hydrogens is 392 g/mol. The number of aryl methyl sites for hydroxylation is 1. The summed E-state index contributed by atoms with van der Waals surface area (Å²) in [6.07, 6.45) is -4.68. The molecule has 0 aliphatic carbocycles. The number of benzene rings is 1. The van der Waals surface area contributed by atoms with Crippen molar-refractivity contribution in [2.24, 2.45) is 0 Å². The molecule has 1 unspecified atom stereocenters. The van der Waals surface area contributed by atoms with Crippen molar-refractivity contribution in [2.45, 2.75) is 49.4 Å². The van der Waals surface area contributed by atoms with Crippen LogP contribution in [0.3, 0.4) is 0 Å². The summed E-state index contributed by atoms with van der Waals surface area (Å²) < 4.78 is 64.9. The van der Waals surface area contributed by atoms with Gasteiger partial charge in [0, 0.05) is 29.6 Å². The number of methoxy groups -OCH3 is 3. The van der Waals surface area contributed by atoms with Crippen LogP contribution in [0.25, 0.3) is 0 Å². The first kappa shape index (κ1) is 21.2. The van der Waals surface area contributed by atoms with Crippen molar-refractivity contribution in [3.63, 3.8) is 0 Å². The second kappa shape index (κ2) is 9.77. The Hall–Kier alpha value is -1.56. The smallest absolute Gasteiger partial charge is 0.305 e. The number of hydrogen-bond acceptors (Lipinski definition) is 9. The first-order valence-electron chi connectivity index (χ1n) is 9.16. The van der Waals surface area contributed by atoms with Crippen molar-refractivity contribution >= 4 is 16.1 Å². The number of carbonyl (C=O) groups excluding carboxylic acids is 1. The van der Waals surface area contributed by atoms with E-state index in [0.29, 0.717) is 5.56 Å². The van der Waals surface area contributed by atoms with Gasteiger partial charge in [-0.25, -0.2) is 0 Å². The van der Waals surface area contributed by atoms with Gasteiger partial charge in [0.1, 0.15) is 24.4 Å². The van der Waals surface area contributed by atoms with E-state index in [-0.39, 0.29) is 18.4 Å². The Kier molecular flexibility index (Phi) is 7.38. The summed E-state index contributed by atoms with van der Waals surface area (Å²) in [5.41, 5.74) is 0.670. The maximum Gasteiger partial charge on any atom is 0.305 e. The molecule has 1 aromatic carbocycles. The van der Waals surface area contributed by atoms with Crippen LogP contribution < -0.4 is 0 Å². The molecule has 158 valence electrons. The molecule has 0 radical (unpaired) electrons. The van der Waals surface area contributed by atoms with E-state index in [4.69, 9.17) is 29.2 Å². The average molecular weight is 419 g/mol. The molecule has 28 heavy (non-hydrogen) atoms. The van der Waals surface area contributed by atoms with E-state index in [9.17, 15) is 13.2 Å². The van der Waals surface area contributed by atoms with Crippen molar-refractivity contribution in [3.05, 3.63) is 29.8 Å². The van der Waals surface area contributed by atoms with E-state index in [0.717, 1.165) is 0 Å². The van der Waals surface area contributed by atoms with Crippen LogP contribution in [0.15, 0.2) is 29.2 Å². The molecule has 1 aliphatic rings. The molecule has 0 aromatic heterocycles. The van der Waals surface area contributed by atoms with Crippen molar-refractivity contribution in [3.8, 4) is 0 Å². The molecule has 9 nitrogen and oxygen atoms in total. The van der Waals surface area contributed by atoms with Gasteiger partial charge in [-0.15, -0.1) is 0 Å². The van der Waals surface area contributed by atoms with Crippen LogP contribution in [-0.4, -0.2) is 73.0 Å². The summed E-state index contributed by atoms with van der Waals surface area (Å²) >= 11 is 0. The summed E-state index contributed by atoms with van der Waals surface area (Å²) in [6.45, 7) is 1.13. The van der Waals surface area contributed by atoms with Crippen LogP contribution in [0.4, 0.5) is 0 Å². The Balaban J connectivity index is 2.27.